The summed E-state index contributed by atoms with van der Waals surface area (Å²) in [6, 6.07) is 7.67. The highest BCUT2D eigenvalue weighted by Crippen LogP contribution is 2.31. The highest BCUT2D eigenvalue weighted by Gasteiger charge is 2.17. The van der Waals surface area contributed by atoms with Crippen LogP contribution >= 0.6 is 0 Å². The number of halogens is 2. The maximum atomic E-state index is 12.8. The van der Waals surface area contributed by atoms with Gasteiger partial charge in [-0.15, -0.1) is 0 Å². The maximum absolute atomic E-state index is 12.8. The lowest BCUT2D eigenvalue weighted by Crippen LogP contribution is -2.25. The largest absolute Gasteiger partial charge is 0.399 e. The average Bonchev–Trinajstić information content (AvgIpc) is 2.28. The quantitative estimate of drug-likeness (QED) is 0.641. The fourth-order valence-electron chi connectivity index (χ4n) is 1.43. The normalized spacial score (nSPS) is 9.71. The van der Waals surface area contributed by atoms with Crippen molar-refractivity contribution in [3.8, 4) is 12.1 Å². The van der Waals surface area contributed by atoms with Gasteiger partial charge < -0.3 is 10.6 Å². The number of hydrogen-bond donors (Lipinski definition) is 1. The number of hydrogen-bond acceptors (Lipinski definition) is 4. The molecule has 0 radical (unpaired) electrons. The lowest BCUT2D eigenvalue weighted by atomic mass is 10.1. The van der Waals surface area contributed by atoms with Crippen LogP contribution in [0.4, 0.5) is 20.2 Å². The molecule has 17 heavy (non-hydrogen) atoms. The third-order valence-corrected chi connectivity index (χ3v) is 2.15. The zero-order valence-corrected chi connectivity index (χ0v) is 8.90. The van der Waals surface area contributed by atoms with E-state index in [1.807, 2.05) is 12.1 Å². The molecule has 6 heteroatoms. The van der Waals surface area contributed by atoms with Gasteiger partial charge in [0.25, 0.3) is 6.43 Å². The molecule has 0 saturated heterocycles. The van der Waals surface area contributed by atoms with Crippen molar-refractivity contribution in [2.45, 2.75) is 6.43 Å². The molecule has 0 aliphatic heterocycles. The van der Waals surface area contributed by atoms with Gasteiger partial charge in [-0.05, 0) is 18.2 Å². The first kappa shape index (κ1) is 12.7. The Balaban J connectivity index is 3.19. The molecule has 0 aliphatic carbocycles. The molecule has 88 valence electrons. The van der Waals surface area contributed by atoms with Crippen molar-refractivity contribution in [3.63, 3.8) is 0 Å². The van der Waals surface area contributed by atoms with Crippen molar-refractivity contribution in [1.82, 2.24) is 0 Å². The SMILES string of the molecule is N#CCN(CC#N)c1ccc(N)cc1C(F)F. The Bertz CT molecular complexity index is 457. The third kappa shape index (κ3) is 3.05. The molecular formula is C11H10F2N4. The van der Waals surface area contributed by atoms with Crippen LogP contribution in [0.5, 0.6) is 0 Å². The second-order valence-electron chi connectivity index (χ2n) is 3.29. The van der Waals surface area contributed by atoms with E-state index in [2.05, 4.69) is 0 Å². The molecule has 1 rings (SSSR count). The van der Waals surface area contributed by atoms with Crippen LogP contribution in [0.1, 0.15) is 12.0 Å². The van der Waals surface area contributed by atoms with E-state index in [4.69, 9.17) is 16.3 Å². The summed E-state index contributed by atoms with van der Waals surface area (Å²) in [6.45, 7) is -0.256. The molecule has 0 spiro atoms. The molecule has 0 aromatic heterocycles. The maximum Gasteiger partial charge on any atom is 0.265 e. The standard InChI is InChI=1S/C11H10F2N4/c12-11(13)9-7-8(16)1-2-10(9)17(5-3-14)6-4-15/h1-2,7,11H,5-6,16H2. The van der Waals surface area contributed by atoms with E-state index in [1.165, 1.54) is 17.0 Å². The summed E-state index contributed by atoms with van der Waals surface area (Å²) in [5, 5.41) is 17.2. The molecule has 0 atom stereocenters. The third-order valence-electron chi connectivity index (χ3n) is 2.15. The smallest absolute Gasteiger partial charge is 0.265 e. The van der Waals surface area contributed by atoms with E-state index >= 15 is 0 Å². The second kappa shape index (κ2) is 5.66. The molecular weight excluding hydrogens is 226 g/mol. The van der Waals surface area contributed by atoms with Crippen LogP contribution in [0.2, 0.25) is 0 Å². The summed E-state index contributed by atoms with van der Waals surface area (Å²) in [7, 11) is 0. The fourth-order valence-corrected chi connectivity index (χ4v) is 1.43. The summed E-state index contributed by atoms with van der Waals surface area (Å²) in [5.41, 5.74) is 5.55. The molecule has 0 fully saturated rings. The number of alkyl halides is 2. The van der Waals surface area contributed by atoms with Crippen LogP contribution in [0.15, 0.2) is 18.2 Å². The van der Waals surface area contributed by atoms with E-state index in [1.54, 1.807) is 0 Å². The van der Waals surface area contributed by atoms with E-state index in [9.17, 15) is 8.78 Å². The minimum absolute atomic E-state index is 0.128. The second-order valence-corrected chi connectivity index (χ2v) is 3.29. The molecule has 0 unspecified atom stereocenters. The van der Waals surface area contributed by atoms with Gasteiger partial charge >= 0.3 is 0 Å². The van der Waals surface area contributed by atoms with Crippen LogP contribution in [0, 0.1) is 22.7 Å². The Hall–Kier alpha value is -2.34. The number of nitrogens with zero attached hydrogens (tertiary/aromatic N) is 3. The van der Waals surface area contributed by atoms with Crippen molar-refractivity contribution in [2.75, 3.05) is 23.7 Å². The minimum Gasteiger partial charge on any atom is -0.399 e. The highest BCUT2D eigenvalue weighted by molar-refractivity contribution is 5.61. The van der Waals surface area contributed by atoms with Gasteiger partial charge in [0.2, 0.25) is 0 Å². The molecule has 0 aliphatic rings. The first-order valence-electron chi connectivity index (χ1n) is 4.76. The molecule has 2 N–H and O–H groups in total. The molecule has 0 saturated carbocycles. The number of benzene rings is 1. The Morgan fingerprint density at radius 1 is 1.24 bits per heavy atom. The van der Waals surface area contributed by atoms with Crippen LogP contribution in [0.3, 0.4) is 0 Å². The van der Waals surface area contributed by atoms with E-state index in [-0.39, 0.29) is 30.0 Å². The summed E-state index contributed by atoms with van der Waals surface area (Å²) < 4.78 is 25.6. The highest BCUT2D eigenvalue weighted by atomic mass is 19.3. The predicted octanol–water partition coefficient (Wildman–Crippen LogP) is 2.06. The Labute approximate surface area is 97.5 Å². The number of rotatable bonds is 4. The average molecular weight is 236 g/mol. The predicted molar refractivity (Wildman–Crippen MR) is 59.3 cm³/mol. The molecule has 0 bridgehead atoms. The van der Waals surface area contributed by atoms with Gasteiger partial charge in [0.15, 0.2) is 0 Å². The number of nitriles is 2. The first-order valence-corrected chi connectivity index (χ1v) is 4.76. The topological polar surface area (TPSA) is 76.8 Å². The van der Waals surface area contributed by atoms with Gasteiger partial charge in [0, 0.05) is 16.9 Å². The van der Waals surface area contributed by atoms with Crippen LogP contribution in [0.25, 0.3) is 0 Å². The molecule has 4 nitrogen and oxygen atoms in total. The van der Waals surface area contributed by atoms with Gasteiger partial charge in [-0.2, -0.15) is 10.5 Å². The lowest BCUT2D eigenvalue weighted by molar-refractivity contribution is 0.152. The number of nitrogens with two attached hydrogens (primary N) is 1. The first-order chi connectivity index (χ1) is 8.10. The van der Waals surface area contributed by atoms with E-state index in [0.717, 1.165) is 6.07 Å². The Morgan fingerprint density at radius 3 is 2.29 bits per heavy atom. The van der Waals surface area contributed by atoms with E-state index < -0.39 is 6.43 Å². The molecule has 0 heterocycles. The van der Waals surface area contributed by atoms with Crippen molar-refractivity contribution in [1.29, 1.82) is 10.5 Å². The van der Waals surface area contributed by atoms with Crippen molar-refractivity contribution in [3.05, 3.63) is 23.8 Å². The Kier molecular flexibility index (Phi) is 4.24. The van der Waals surface area contributed by atoms with Crippen molar-refractivity contribution in [2.24, 2.45) is 0 Å². The summed E-state index contributed by atoms with van der Waals surface area (Å²) >= 11 is 0. The summed E-state index contributed by atoms with van der Waals surface area (Å²) in [6.07, 6.45) is -2.70. The van der Waals surface area contributed by atoms with Crippen LogP contribution in [-0.4, -0.2) is 13.1 Å². The van der Waals surface area contributed by atoms with E-state index in [0.29, 0.717) is 0 Å². The zero-order valence-electron chi connectivity index (χ0n) is 8.90. The monoisotopic (exact) mass is 236 g/mol. The van der Waals surface area contributed by atoms with Gasteiger partial charge in [-0.3, -0.25) is 0 Å². The molecule has 1 aromatic carbocycles. The van der Waals surface area contributed by atoms with Crippen molar-refractivity contribution < 1.29 is 8.78 Å². The van der Waals surface area contributed by atoms with Gasteiger partial charge in [-0.25, -0.2) is 8.78 Å². The van der Waals surface area contributed by atoms with Crippen LogP contribution in [-0.2, 0) is 0 Å². The molecule has 0 amide bonds. The van der Waals surface area contributed by atoms with Gasteiger partial charge in [-0.1, -0.05) is 0 Å². The molecule has 1 aromatic rings. The van der Waals surface area contributed by atoms with Gasteiger partial charge in [0.1, 0.15) is 13.1 Å². The number of anilines is 2. The minimum atomic E-state index is -2.70. The number of nitrogen functional groups attached to an aromatic ring is 1. The van der Waals surface area contributed by atoms with Crippen LogP contribution < -0.4 is 10.6 Å². The fraction of sp³-hybridized carbons (Fsp3) is 0.273. The Morgan fingerprint density at radius 2 is 1.82 bits per heavy atom. The zero-order chi connectivity index (χ0) is 12.8. The lowest BCUT2D eigenvalue weighted by Gasteiger charge is -2.21. The van der Waals surface area contributed by atoms with Gasteiger partial charge in [0.05, 0.1) is 12.1 Å². The van der Waals surface area contributed by atoms with Crippen molar-refractivity contribution >= 4 is 11.4 Å². The summed E-state index contributed by atoms with van der Waals surface area (Å²) in [5.74, 6) is 0. The summed E-state index contributed by atoms with van der Waals surface area (Å²) in [4.78, 5) is 1.28.